The molecular weight excluding hydrogens is 255 g/mol. The average molecular weight is 280 g/mol. The van der Waals surface area contributed by atoms with Gasteiger partial charge in [0, 0.05) is 17.6 Å². The van der Waals surface area contributed by atoms with E-state index in [1.807, 2.05) is 6.07 Å². The van der Waals surface area contributed by atoms with Crippen molar-refractivity contribution in [1.29, 1.82) is 0 Å². The largest absolute Gasteiger partial charge is 0.496 e. The van der Waals surface area contributed by atoms with Crippen LogP contribution in [-0.2, 0) is 0 Å². The van der Waals surface area contributed by atoms with Gasteiger partial charge in [-0.2, -0.15) is 0 Å². The molecule has 1 aromatic carbocycles. The van der Waals surface area contributed by atoms with Crippen LogP contribution in [0, 0.1) is 5.82 Å². The van der Waals surface area contributed by atoms with Gasteiger partial charge in [-0.25, -0.2) is 4.39 Å². The summed E-state index contributed by atoms with van der Waals surface area (Å²) in [6, 6.07) is 5.53. The van der Waals surface area contributed by atoms with Crippen molar-refractivity contribution >= 4 is 0 Å². The summed E-state index contributed by atoms with van der Waals surface area (Å²) in [5.41, 5.74) is 0.662. The molecule has 0 amide bonds. The maximum atomic E-state index is 14.2. The Balaban J connectivity index is 2.19. The first-order valence-electron chi connectivity index (χ1n) is 7.40. The number of hydrogen-bond acceptors (Lipinski definition) is 3. The van der Waals surface area contributed by atoms with Crippen molar-refractivity contribution < 1.29 is 9.13 Å². The van der Waals surface area contributed by atoms with Crippen LogP contribution in [0.25, 0.3) is 0 Å². The first kappa shape index (κ1) is 15.3. The van der Waals surface area contributed by atoms with Crippen LogP contribution in [0.2, 0.25) is 0 Å². The molecule has 2 unspecified atom stereocenters. The first-order valence-corrected chi connectivity index (χ1v) is 7.40. The van der Waals surface area contributed by atoms with Crippen molar-refractivity contribution in [3.05, 3.63) is 29.6 Å². The van der Waals surface area contributed by atoms with Crippen LogP contribution in [0.3, 0.4) is 0 Å². The van der Waals surface area contributed by atoms with E-state index in [0.717, 1.165) is 25.9 Å². The van der Waals surface area contributed by atoms with Crippen LogP contribution >= 0.6 is 0 Å². The Morgan fingerprint density at radius 1 is 1.35 bits per heavy atom. The molecule has 2 atom stereocenters. The van der Waals surface area contributed by atoms with Crippen LogP contribution in [0.5, 0.6) is 5.75 Å². The third-order valence-corrected chi connectivity index (χ3v) is 4.38. The lowest BCUT2D eigenvalue weighted by Gasteiger charge is -2.33. The summed E-state index contributed by atoms with van der Waals surface area (Å²) in [5, 5.41) is 3.42. The number of ether oxygens (including phenoxy) is 1. The van der Waals surface area contributed by atoms with E-state index >= 15 is 0 Å². The van der Waals surface area contributed by atoms with Crippen molar-refractivity contribution in [3.8, 4) is 5.75 Å². The molecule has 112 valence electrons. The van der Waals surface area contributed by atoms with E-state index in [2.05, 4.69) is 24.2 Å². The lowest BCUT2D eigenvalue weighted by Crippen LogP contribution is -2.35. The van der Waals surface area contributed by atoms with E-state index in [0.29, 0.717) is 17.4 Å². The third-order valence-electron chi connectivity index (χ3n) is 4.38. The van der Waals surface area contributed by atoms with Crippen molar-refractivity contribution in [1.82, 2.24) is 10.2 Å². The third kappa shape index (κ3) is 3.30. The van der Waals surface area contributed by atoms with Gasteiger partial charge in [0.05, 0.1) is 7.11 Å². The molecule has 1 heterocycles. The highest BCUT2D eigenvalue weighted by Gasteiger charge is 2.25. The number of rotatable bonds is 4. The standard InChI is InChI=1S/C16H25FN2O/c1-12(16-14(17)7-4-8-15(16)20-3)19(2)13-6-5-10-18-11-9-13/h4,7-8,12-13,18H,5-6,9-11H2,1-3H3. The average Bonchev–Trinajstić information content (AvgIpc) is 2.74. The summed E-state index contributed by atoms with van der Waals surface area (Å²) in [5.74, 6) is 0.451. The van der Waals surface area contributed by atoms with Crippen LogP contribution in [0.1, 0.15) is 37.8 Å². The second-order valence-electron chi connectivity index (χ2n) is 5.53. The molecule has 0 aliphatic carbocycles. The minimum Gasteiger partial charge on any atom is -0.496 e. The second kappa shape index (κ2) is 7.04. The molecule has 0 saturated carbocycles. The van der Waals surface area contributed by atoms with E-state index in [4.69, 9.17) is 4.74 Å². The van der Waals surface area contributed by atoms with Crippen molar-refractivity contribution in [3.63, 3.8) is 0 Å². The van der Waals surface area contributed by atoms with Gasteiger partial charge in [-0.05, 0) is 58.5 Å². The summed E-state index contributed by atoms with van der Waals surface area (Å²) in [6.45, 7) is 4.18. The number of nitrogens with zero attached hydrogens (tertiary/aromatic N) is 1. The fourth-order valence-electron chi connectivity index (χ4n) is 3.03. The Labute approximate surface area is 121 Å². The van der Waals surface area contributed by atoms with Crippen molar-refractivity contribution in [2.75, 3.05) is 27.2 Å². The highest BCUT2D eigenvalue weighted by atomic mass is 19.1. The van der Waals surface area contributed by atoms with Gasteiger partial charge in [0.1, 0.15) is 11.6 Å². The first-order chi connectivity index (χ1) is 9.65. The zero-order valence-corrected chi connectivity index (χ0v) is 12.7. The highest BCUT2D eigenvalue weighted by molar-refractivity contribution is 5.37. The van der Waals surface area contributed by atoms with E-state index < -0.39 is 0 Å². The van der Waals surface area contributed by atoms with Gasteiger partial charge in [0.15, 0.2) is 0 Å². The lowest BCUT2D eigenvalue weighted by atomic mass is 10.0. The van der Waals surface area contributed by atoms with E-state index in [1.165, 1.54) is 12.5 Å². The van der Waals surface area contributed by atoms with Crippen molar-refractivity contribution in [2.24, 2.45) is 0 Å². The quantitative estimate of drug-likeness (QED) is 0.917. The molecule has 2 rings (SSSR count). The number of halogens is 1. The molecule has 1 aliphatic rings. The molecule has 1 aromatic rings. The predicted molar refractivity (Wildman–Crippen MR) is 79.6 cm³/mol. The van der Waals surface area contributed by atoms with Gasteiger partial charge >= 0.3 is 0 Å². The summed E-state index contributed by atoms with van der Waals surface area (Å²) in [6.07, 6.45) is 3.44. The van der Waals surface area contributed by atoms with Gasteiger partial charge in [0.25, 0.3) is 0 Å². The number of nitrogens with one attached hydrogen (secondary N) is 1. The van der Waals surface area contributed by atoms with Crippen molar-refractivity contribution in [2.45, 2.75) is 38.3 Å². The highest BCUT2D eigenvalue weighted by Crippen LogP contribution is 2.33. The van der Waals surface area contributed by atoms with Crippen LogP contribution < -0.4 is 10.1 Å². The minimum atomic E-state index is -0.185. The van der Waals surface area contributed by atoms with E-state index in [1.54, 1.807) is 13.2 Å². The summed E-state index contributed by atoms with van der Waals surface area (Å²) in [4.78, 5) is 2.29. The molecule has 0 bridgehead atoms. The molecular formula is C16H25FN2O. The van der Waals surface area contributed by atoms with Gasteiger partial charge in [-0.1, -0.05) is 6.07 Å². The molecule has 1 fully saturated rings. The second-order valence-corrected chi connectivity index (χ2v) is 5.53. The fraction of sp³-hybridized carbons (Fsp3) is 0.625. The van der Waals surface area contributed by atoms with E-state index in [9.17, 15) is 4.39 Å². The SMILES string of the molecule is COc1cccc(F)c1C(C)N(C)C1CCCNCC1. The monoisotopic (exact) mass is 280 g/mol. The Morgan fingerprint density at radius 3 is 2.90 bits per heavy atom. The molecule has 1 N–H and O–H groups in total. The molecule has 1 aliphatic heterocycles. The molecule has 20 heavy (non-hydrogen) atoms. The van der Waals surface area contributed by atoms with Crippen LogP contribution in [0.15, 0.2) is 18.2 Å². The van der Waals surface area contributed by atoms with Gasteiger partial charge in [0.2, 0.25) is 0 Å². The molecule has 1 saturated heterocycles. The molecule has 4 heteroatoms. The molecule has 0 aromatic heterocycles. The summed E-state index contributed by atoms with van der Waals surface area (Å²) >= 11 is 0. The van der Waals surface area contributed by atoms with Crippen LogP contribution in [0.4, 0.5) is 4.39 Å². The Hall–Kier alpha value is -1.13. The van der Waals surface area contributed by atoms with Gasteiger partial charge < -0.3 is 10.1 Å². The fourth-order valence-corrected chi connectivity index (χ4v) is 3.03. The molecule has 0 spiro atoms. The minimum absolute atomic E-state index is 0.00856. The maximum absolute atomic E-state index is 14.2. The lowest BCUT2D eigenvalue weighted by molar-refractivity contribution is 0.165. The van der Waals surface area contributed by atoms with Gasteiger partial charge in [-0.3, -0.25) is 4.90 Å². The smallest absolute Gasteiger partial charge is 0.131 e. The zero-order chi connectivity index (χ0) is 14.5. The Morgan fingerprint density at radius 2 is 2.15 bits per heavy atom. The van der Waals surface area contributed by atoms with Gasteiger partial charge in [-0.15, -0.1) is 0 Å². The molecule has 0 radical (unpaired) electrons. The Kier molecular flexibility index (Phi) is 5.38. The topological polar surface area (TPSA) is 24.5 Å². The maximum Gasteiger partial charge on any atom is 0.131 e. The number of methoxy groups -OCH3 is 1. The van der Waals surface area contributed by atoms with E-state index in [-0.39, 0.29) is 11.9 Å². The zero-order valence-electron chi connectivity index (χ0n) is 12.7. The molecule has 3 nitrogen and oxygen atoms in total. The number of benzene rings is 1. The predicted octanol–water partition coefficient (Wildman–Crippen LogP) is 2.97. The Bertz CT molecular complexity index is 430. The summed E-state index contributed by atoms with van der Waals surface area (Å²) in [7, 11) is 3.69. The summed E-state index contributed by atoms with van der Waals surface area (Å²) < 4.78 is 19.5. The number of hydrogen-bond donors (Lipinski definition) is 1. The van der Waals surface area contributed by atoms with Crippen LogP contribution in [-0.4, -0.2) is 38.2 Å². The normalized spacial score (nSPS) is 21.6.